The van der Waals surface area contributed by atoms with E-state index in [9.17, 15) is 22.8 Å². The van der Waals surface area contributed by atoms with Crippen molar-refractivity contribution in [2.45, 2.75) is 26.1 Å². The van der Waals surface area contributed by atoms with Crippen LogP contribution in [0.1, 0.15) is 29.7 Å². The highest BCUT2D eigenvalue weighted by molar-refractivity contribution is 6.06. The summed E-state index contributed by atoms with van der Waals surface area (Å²) in [6, 6.07) is 10.5. The minimum absolute atomic E-state index is 0.0144. The fourth-order valence-corrected chi connectivity index (χ4v) is 3.11. The molecule has 0 bridgehead atoms. The van der Waals surface area contributed by atoms with E-state index in [1.807, 2.05) is 19.1 Å². The lowest BCUT2D eigenvalue weighted by atomic mass is 9.92. The van der Waals surface area contributed by atoms with E-state index >= 15 is 0 Å². The van der Waals surface area contributed by atoms with Crippen molar-refractivity contribution in [2.24, 2.45) is 0 Å². The van der Waals surface area contributed by atoms with Crippen molar-refractivity contribution in [2.75, 3.05) is 5.32 Å². The van der Waals surface area contributed by atoms with Crippen molar-refractivity contribution in [3.8, 4) is 0 Å². The van der Waals surface area contributed by atoms with Crippen LogP contribution < -0.4 is 16.0 Å². The van der Waals surface area contributed by atoms with Gasteiger partial charge in [-0.1, -0.05) is 30.3 Å². The van der Waals surface area contributed by atoms with Gasteiger partial charge in [0.25, 0.3) is 5.91 Å². The Morgan fingerprint density at radius 1 is 1.07 bits per heavy atom. The van der Waals surface area contributed by atoms with Gasteiger partial charge in [-0.2, -0.15) is 13.2 Å². The minimum Gasteiger partial charge on any atom is -0.327 e. The van der Waals surface area contributed by atoms with Gasteiger partial charge in [-0.25, -0.2) is 4.79 Å². The van der Waals surface area contributed by atoms with Crippen LogP contribution in [0.4, 0.5) is 23.7 Å². The molecule has 5 nitrogen and oxygen atoms in total. The molecule has 3 rings (SSSR count). The molecule has 0 radical (unpaired) electrons. The highest BCUT2D eigenvalue weighted by atomic mass is 19.4. The molecule has 0 unspecified atom stereocenters. The molecule has 2 aromatic carbocycles. The molecule has 1 aliphatic heterocycles. The number of nitrogens with one attached hydrogen (secondary N) is 3. The van der Waals surface area contributed by atoms with E-state index in [1.54, 1.807) is 19.1 Å². The number of alkyl halides is 3. The standard InChI is InChI=1S/C20H18F3N3O2/c1-11-6-3-4-9-15(11)17-16(12(2)24-19(28)26-17)18(27)25-14-8-5-7-13(10-14)20(21,22)23/h3-10,17H,1-2H3,(H,25,27)(H2,24,26,28)/t17-/m1/s1. The van der Waals surface area contributed by atoms with E-state index < -0.39 is 29.7 Å². The highest BCUT2D eigenvalue weighted by Gasteiger charge is 2.33. The number of benzene rings is 2. The predicted octanol–water partition coefficient (Wildman–Crippen LogP) is 4.28. The number of hydrogen-bond donors (Lipinski definition) is 3. The molecule has 1 heterocycles. The van der Waals surface area contributed by atoms with E-state index in [2.05, 4.69) is 16.0 Å². The molecule has 0 fully saturated rings. The molecule has 3 amide bonds. The molecule has 3 N–H and O–H groups in total. The molecule has 0 saturated carbocycles. The Balaban J connectivity index is 1.95. The van der Waals surface area contributed by atoms with Crippen molar-refractivity contribution in [1.29, 1.82) is 0 Å². The van der Waals surface area contributed by atoms with Crippen molar-refractivity contribution in [3.63, 3.8) is 0 Å². The lowest BCUT2D eigenvalue weighted by molar-refractivity contribution is -0.137. The van der Waals surface area contributed by atoms with Gasteiger partial charge in [0.1, 0.15) is 0 Å². The summed E-state index contributed by atoms with van der Waals surface area (Å²) in [6.07, 6.45) is -4.51. The van der Waals surface area contributed by atoms with E-state index in [0.717, 1.165) is 23.3 Å². The number of carbonyl (C=O) groups excluding carboxylic acids is 2. The van der Waals surface area contributed by atoms with Crippen LogP contribution in [-0.4, -0.2) is 11.9 Å². The van der Waals surface area contributed by atoms with Gasteiger partial charge >= 0.3 is 12.2 Å². The van der Waals surface area contributed by atoms with E-state index in [1.165, 1.54) is 12.1 Å². The number of rotatable bonds is 3. The smallest absolute Gasteiger partial charge is 0.327 e. The Hall–Kier alpha value is -3.29. The number of carbonyl (C=O) groups is 2. The molecule has 1 aliphatic rings. The van der Waals surface area contributed by atoms with Crippen LogP contribution in [0.2, 0.25) is 0 Å². The molecule has 0 spiro atoms. The second-order valence-electron chi connectivity index (χ2n) is 6.46. The van der Waals surface area contributed by atoms with E-state index in [-0.39, 0.29) is 11.3 Å². The third-order valence-electron chi connectivity index (χ3n) is 4.46. The Labute approximate surface area is 159 Å². The van der Waals surface area contributed by atoms with Crippen LogP contribution in [0.25, 0.3) is 0 Å². The fourth-order valence-electron chi connectivity index (χ4n) is 3.11. The normalized spacial score (nSPS) is 17.0. The zero-order valence-electron chi connectivity index (χ0n) is 15.1. The largest absolute Gasteiger partial charge is 0.416 e. The number of hydrogen-bond acceptors (Lipinski definition) is 2. The predicted molar refractivity (Wildman–Crippen MR) is 98.4 cm³/mol. The Morgan fingerprint density at radius 3 is 2.46 bits per heavy atom. The molecule has 2 aromatic rings. The van der Waals surface area contributed by atoms with Gasteiger partial charge in [0.2, 0.25) is 0 Å². The molecule has 0 saturated heterocycles. The first kappa shape index (κ1) is 19.5. The summed E-state index contributed by atoms with van der Waals surface area (Å²) >= 11 is 0. The maximum atomic E-state index is 12.9. The van der Waals surface area contributed by atoms with E-state index in [4.69, 9.17) is 0 Å². The third kappa shape index (κ3) is 4.00. The van der Waals surface area contributed by atoms with Gasteiger partial charge in [0, 0.05) is 11.4 Å². The van der Waals surface area contributed by atoms with Crippen LogP contribution in [-0.2, 0) is 11.0 Å². The molecule has 1 atom stereocenters. The minimum atomic E-state index is -4.51. The lowest BCUT2D eigenvalue weighted by Gasteiger charge is -2.29. The van der Waals surface area contributed by atoms with E-state index in [0.29, 0.717) is 5.70 Å². The Kier molecular flexibility index (Phi) is 5.13. The topological polar surface area (TPSA) is 70.2 Å². The average Bonchev–Trinajstić information content (AvgIpc) is 2.60. The second-order valence-corrected chi connectivity index (χ2v) is 6.46. The SMILES string of the molecule is CC1=C(C(=O)Nc2cccc(C(F)(F)F)c2)[C@@H](c2ccccc2C)NC(=O)N1. The lowest BCUT2D eigenvalue weighted by Crippen LogP contribution is -2.46. The monoisotopic (exact) mass is 389 g/mol. The highest BCUT2D eigenvalue weighted by Crippen LogP contribution is 2.32. The molecular formula is C20H18F3N3O2. The Morgan fingerprint density at radius 2 is 1.79 bits per heavy atom. The van der Waals surface area contributed by atoms with Crippen LogP contribution in [0, 0.1) is 6.92 Å². The van der Waals surface area contributed by atoms with Crippen LogP contribution >= 0.6 is 0 Å². The van der Waals surface area contributed by atoms with Gasteiger partial charge < -0.3 is 16.0 Å². The first-order valence-corrected chi connectivity index (χ1v) is 8.49. The maximum absolute atomic E-state index is 12.9. The quantitative estimate of drug-likeness (QED) is 0.733. The molecule has 28 heavy (non-hydrogen) atoms. The van der Waals surface area contributed by atoms with Crippen molar-refractivity contribution in [1.82, 2.24) is 10.6 Å². The first-order chi connectivity index (χ1) is 13.2. The zero-order valence-corrected chi connectivity index (χ0v) is 15.1. The van der Waals surface area contributed by atoms with Gasteiger partial charge in [-0.3, -0.25) is 4.79 Å². The number of aryl methyl sites for hydroxylation is 1. The number of halogens is 3. The zero-order chi connectivity index (χ0) is 20.5. The van der Waals surface area contributed by atoms with Gasteiger partial charge in [-0.15, -0.1) is 0 Å². The maximum Gasteiger partial charge on any atom is 0.416 e. The summed E-state index contributed by atoms with van der Waals surface area (Å²) in [4.78, 5) is 24.8. The van der Waals surface area contributed by atoms with Gasteiger partial charge in [0.05, 0.1) is 17.2 Å². The van der Waals surface area contributed by atoms with Crippen LogP contribution in [0.3, 0.4) is 0 Å². The van der Waals surface area contributed by atoms with Crippen molar-refractivity contribution < 1.29 is 22.8 Å². The second kappa shape index (κ2) is 7.38. The van der Waals surface area contributed by atoms with Crippen molar-refractivity contribution in [3.05, 3.63) is 76.5 Å². The first-order valence-electron chi connectivity index (χ1n) is 8.49. The number of amides is 3. The van der Waals surface area contributed by atoms with Crippen molar-refractivity contribution >= 4 is 17.6 Å². The van der Waals surface area contributed by atoms with Gasteiger partial charge in [-0.05, 0) is 43.2 Å². The third-order valence-corrected chi connectivity index (χ3v) is 4.46. The number of anilines is 1. The molecule has 8 heteroatoms. The number of urea groups is 1. The summed E-state index contributed by atoms with van der Waals surface area (Å²) in [5, 5.41) is 7.75. The van der Waals surface area contributed by atoms with Gasteiger partial charge in [0.15, 0.2) is 0 Å². The molecule has 146 valence electrons. The van der Waals surface area contributed by atoms with Crippen LogP contribution in [0.5, 0.6) is 0 Å². The molecule has 0 aliphatic carbocycles. The summed E-state index contributed by atoms with van der Waals surface area (Å²) in [5.74, 6) is -0.599. The summed E-state index contributed by atoms with van der Waals surface area (Å²) in [6.45, 7) is 3.42. The number of allylic oxidation sites excluding steroid dienone is 1. The van der Waals surface area contributed by atoms with Crippen LogP contribution in [0.15, 0.2) is 59.8 Å². The molecular weight excluding hydrogens is 371 g/mol. The fraction of sp³-hybridized carbons (Fsp3) is 0.200. The molecule has 0 aromatic heterocycles. The summed E-state index contributed by atoms with van der Waals surface area (Å²) in [7, 11) is 0. The summed E-state index contributed by atoms with van der Waals surface area (Å²) in [5.41, 5.74) is 1.31. The average molecular weight is 389 g/mol. The Bertz CT molecular complexity index is 967. The summed E-state index contributed by atoms with van der Waals surface area (Å²) < 4.78 is 38.7.